The van der Waals surface area contributed by atoms with Crippen LogP contribution in [0.25, 0.3) is 11.1 Å². The van der Waals surface area contributed by atoms with Crippen LogP contribution in [0.1, 0.15) is 46.3 Å². The number of piperazine rings is 1. The van der Waals surface area contributed by atoms with E-state index in [1.165, 1.54) is 24.3 Å². The summed E-state index contributed by atoms with van der Waals surface area (Å²) in [5.41, 5.74) is 2.75. The highest BCUT2D eigenvalue weighted by molar-refractivity contribution is 5.98. The minimum absolute atomic E-state index is 0.0880. The fourth-order valence-electron chi connectivity index (χ4n) is 4.74. The molecule has 1 saturated heterocycles. The Balaban J connectivity index is 1.39. The number of benzene rings is 2. The van der Waals surface area contributed by atoms with Gasteiger partial charge in [-0.1, -0.05) is 30.3 Å². The number of aromatic nitrogens is 1. The van der Waals surface area contributed by atoms with Gasteiger partial charge < -0.3 is 14.2 Å². The lowest BCUT2D eigenvalue weighted by atomic mass is 10.1. The average molecular weight is 460 g/mol. The van der Waals surface area contributed by atoms with Crippen LogP contribution in [-0.2, 0) is 0 Å². The van der Waals surface area contributed by atoms with Gasteiger partial charge in [0.15, 0.2) is 0 Å². The maximum absolute atomic E-state index is 13.7. The standard InChI is InChI=1S/C27H26FN3O3/c1-18-17-29(13-14-30(18)25(32)21-8-10-23(28)11-9-21)26(33)24-16-22-12-15-34-27(22)31(24)19(2)20-6-4-3-5-7-20/h3-12,15-16,18-19H,13-14,17H2,1-2H3. The molecular formula is C27H26FN3O3. The predicted molar refractivity (Wildman–Crippen MR) is 127 cm³/mol. The Hall–Kier alpha value is -3.87. The van der Waals surface area contributed by atoms with Crippen molar-refractivity contribution in [2.75, 3.05) is 19.6 Å². The van der Waals surface area contributed by atoms with Crippen LogP contribution in [0.5, 0.6) is 0 Å². The van der Waals surface area contributed by atoms with E-state index in [-0.39, 0.29) is 29.7 Å². The predicted octanol–water partition coefficient (Wildman–Crippen LogP) is 4.97. The van der Waals surface area contributed by atoms with Crippen molar-refractivity contribution in [2.24, 2.45) is 0 Å². The van der Waals surface area contributed by atoms with Crippen LogP contribution in [0.15, 0.2) is 77.4 Å². The van der Waals surface area contributed by atoms with Crippen molar-refractivity contribution in [2.45, 2.75) is 25.9 Å². The number of fused-ring (bicyclic) bond motifs is 1. The number of amides is 2. The number of hydrogen-bond acceptors (Lipinski definition) is 3. The summed E-state index contributed by atoms with van der Waals surface area (Å²) >= 11 is 0. The molecule has 1 aliphatic rings. The number of halogens is 1. The zero-order valence-corrected chi connectivity index (χ0v) is 19.1. The first-order valence-electron chi connectivity index (χ1n) is 11.4. The van der Waals surface area contributed by atoms with Crippen molar-refractivity contribution in [3.05, 3.63) is 95.6 Å². The first kappa shape index (κ1) is 21.9. The van der Waals surface area contributed by atoms with E-state index in [2.05, 4.69) is 6.92 Å². The molecule has 0 radical (unpaired) electrons. The highest BCUT2D eigenvalue weighted by Crippen LogP contribution is 2.30. The minimum atomic E-state index is -0.376. The molecule has 174 valence electrons. The topological polar surface area (TPSA) is 58.7 Å². The molecule has 0 aliphatic carbocycles. The van der Waals surface area contributed by atoms with Crippen molar-refractivity contribution < 1.29 is 18.4 Å². The second-order valence-electron chi connectivity index (χ2n) is 8.77. The summed E-state index contributed by atoms with van der Waals surface area (Å²) in [4.78, 5) is 30.1. The van der Waals surface area contributed by atoms with Gasteiger partial charge in [-0.2, -0.15) is 0 Å². The van der Waals surface area contributed by atoms with E-state index < -0.39 is 0 Å². The molecule has 4 aromatic rings. The Morgan fingerprint density at radius 1 is 1.00 bits per heavy atom. The van der Waals surface area contributed by atoms with Gasteiger partial charge in [0.05, 0.1) is 12.3 Å². The molecule has 2 amide bonds. The highest BCUT2D eigenvalue weighted by atomic mass is 19.1. The molecule has 2 unspecified atom stereocenters. The quantitative estimate of drug-likeness (QED) is 0.433. The SMILES string of the molecule is CC1CN(C(=O)c2cc3ccoc3n2C(C)c2ccccc2)CCN1C(=O)c1ccc(F)cc1. The summed E-state index contributed by atoms with van der Waals surface area (Å²) in [7, 11) is 0. The molecule has 2 aromatic carbocycles. The second kappa shape index (κ2) is 8.82. The van der Waals surface area contributed by atoms with Crippen LogP contribution in [0.4, 0.5) is 4.39 Å². The van der Waals surface area contributed by atoms with Gasteiger partial charge in [-0.15, -0.1) is 0 Å². The van der Waals surface area contributed by atoms with Crippen LogP contribution in [0.2, 0.25) is 0 Å². The molecular weight excluding hydrogens is 433 g/mol. The Morgan fingerprint density at radius 3 is 2.44 bits per heavy atom. The van der Waals surface area contributed by atoms with Crippen LogP contribution in [0.3, 0.4) is 0 Å². The van der Waals surface area contributed by atoms with Crippen LogP contribution in [-0.4, -0.2) is 51.9 Å². The van der Waals surface area contributed by atoms with Gasteiger partial charge in [0.1, 0.15) is 11.5 Å². The molecule has 1 fully saturated rings. The smallest absolute Gasteiger partial charge is 0.270 e. The molecule has 0 spiro atoms. The molecule has 3 heterocycles. The number of hydrogen-bond donors (Lipinski definition) is 0. The fraction of sp³-hybridized carbons (Fsp3) is 0.259. The van der Waals surface area contributed by atoms with Crippen molar-refractivity contribution >= 4 is 22.9 Å². The normalized spacial score (nSPS) is 17.2. The zero-order valence-electron chi connectivity index (χ0n) is 19.1. The summed E-state index contributed by atoms with van der Waals surface area (Å²) in [6.07, 6.45) is 1.63. The van der Waals surface area contributed by atoms with Crippen LogP contribution >= 0.6 is 0 Å². The van der Waals surface area contributed by atoms with Crippen molar-refractivity contribution in [1.29, 1.82) is 0 Å². The summed E-state index contributed by atoms with van der Waals surface area (Å²) in [6.45, 7) is 5.23. The molecule has 1 aliphatic heterocycles. The molecule has 6 nitrogen and oxygen atoms in total. The Bertz CT molecular complexity index is 1330. The number of nitrogens with zero attached hydrogens (tertiary/aromatic N) is 3. The lowest BCUT2D eigenvalue weighted by Gasteiger charge is -2.40. The van der Waals surface area contributed by atoms with E-state index in [0.29, 0.717) is 36.6 Å². The van der Waals surface area contributed by atoms with Crippen LogP contribution < -0.4 is 0 Å². The van der Waals surface area contributed by atoms with Crippen LogP contribution in [0, 0.1) is 5.82 Å². The number of carbonyl (C=O) groups excluding carboxylic acids is 2. The number of furan rings is 1. The third kappa shape index (κ3) is 3.87. The third-order valence-corrected chi connectivity index (χ3v) is 6.60. The van der Waals surface area contributed by atoms with Gasteiger partial charge >= 0.3 is 0 Å². The molecule has 0 saturated carbocycles. The lowest BCUT2D eigenvalue weighted by Crippen LogP contribution is -2.55. The first-order chi connectivity index (χ1) is 16.4. The zero-order chi connectivity index (χ0) is 23.8. The largest absolute Gasteiger partial charge is 0.448 e. The van der Waals surface area contributed by atoms with E-state index in [4.69, 9.17) is 4.42 Å². The molecule has 2 atom stereocenters. The minimum Gasteiger partial charge on any atom is -0.448 e. The molecule has 0 N–H and O–H groups in total. The van der Waals surface area contributed by atoms with E-state index in [9.17, 15) is 14.0 Å². The molecule has 7 heteroatoms. The van der Waals surface area contributed by atoms with Gasteiger partial charge in [0, 0.05) is 36.6 Å². The Kier molecular flexibility index (Phi) is 5.69. The Morgan fingerprint density at radius 2 is 1.74 bits per heavy atom. The first-order valence-corrected chi connectivity index (χ1v) is 11.4. The number of rotatable bonds is 4. The summed E-state index contributed by atoms with van der Waals surface area (Å²) in [5, 5.41) is 0.879. The Labute approximate surface area is 197 Å². The fourth-order valence-corrected chi connectivity index (χ4v) is 4.74. The average Bonchev–Trinajstić information content (AvgIpc) is 3.45. The van der Waals surface area contributed by atoms with E-state index in [1.54, 1.807) is 16.1 Å². The molecule has 0 bridgehead atoms. The van der Waals surface area contributed by atoms with Crippen molar-refractivity contribution in [3.63, 3.8) is 0 Å². The van der Waals surface area contributed by atoms with Crippen molar-refractivity contribution in [1.82, 2.24) is 14.4 Å². The van der Waals surface area contributed by atoms with E-state index in [1.807, 2.05) is 54.0 Å². The van der Waals surface area contributed by atoms with Gasteiger partial charge in [-0.25, -0.2) is 4.39 Å². The summed E-state index contributed by atoms with van der Waals surface area (Å²) in [5.74, 6) is -0.619. The van der Waals surface area contributed by atoms with Crippen molar-refractivity contribution in [3.8, 4) is 0 Å². The molecule has 5 rings (SSSR count). The van der Waals surface area contributed by atoms with Gasteiger partial charge in [-0.05, 0) is 55.8 Å². The lowest BCUT2D eigenvalue weighted by molar-refractivity contribution is 0.0409. The monoisotopic (exact) mass is 459 g/mol. The maximum Gasteiger partial charge on any atom is 0.270 e. The highest BCUT2D eigenvalue weighted by Gasteiger charge is 2.33. The third-order valence-electron chi connectivity index (χ3n) is 6.60. The van der Waals surface area contributed by atoms with E-state index >= 15 is 0 Å². The van der Waals surface area contributed by atoms with Gasteiger partial charge in [0.2, 0.25) is 5.71 Å². The maximum atomic E-state index is 13.7. The summed E-state index contributed by atoms with van der Waals surface area (Å²) in [6, 6.07) is 19.0. The summed E-state index contributed by atoms with van der Waals surface area (Å²) < 4.78 is 20.9. The van der Waals surface area contributed by atoms with E-state index in [0.717, 1.165) is 10.9 Å². The van der Waals surface area contributed by atoms with Gasteiger partial charge in [0.25, 0.3) is 11.8 Å². The second-order valence-corrected chi connectivity index (χ2v) is 8.77. The number of carbonyl (C=O) groups is 2. The van der Waals surface area contributed by atoms with Gasteiger partial charge in [-0.3, -0.25) is 14.2 Å². The molecule has 34 heavy (non-hydrogen) atoms. The molecule has 2 aromatic heterocycles.